The summed E-state index contributed by atoms with van der Waals surface area (Å²) in [5.74, 6) is 1.53. The lowest BCUT2D eigenvalue weighted by Gasteiger charge is -2.22. The number of ether oxygens (including phenoxy) is 1. The molecule has 1 atom stereocenters. The molecule has 1 aliphatic rings. The van der Waals surface area contributed by atoms with Crippen molar-refractivity contribution in [1.29, 1.82) is 0 Å². The maximum Gasteiger partial charge on any atom is 0.387 e. The van der Waals surface area contributed by atoms with E-state index in [4.69, 9.17) is 4.52 Å². The lowest BCUT2D eigenvalue weighted by molar-refractivity contribution is -0.0495. The fourth-order valence-corrected chi connectivity index (χ4v) is 3.71. The first-order chi connectivity index (χ1) is 15.6. The minimum atomic E-state index is -2.85. The lowest BCUT2D eigenvalue weighted by atomic mass is 10.2. The van der Waals surface area contributed by atoms with E-state index in [-0.39, 0.29) is 11.8 Å². The van der Waals surface area contributed by atoms with Crippen molar-refractivity contribution < 1.29 is 18.0 Å². The summed E-state index contributed by atoms with van der Waals surface area (Å²) in [5, 5.41) is 10.7. The van der Waals surface area contributed by atoms with Gasteiger partial charge in [-0.25, -0.2) is 0 Å². The molecule has 1 fully saturated rings. The molecule has 0 spiro atoms. The van der Waals surface area contributed by atoms with Crippen LogP contribution in [0.25, 0.3) is 11.3 Å². The number of anilines is 1. The summed E-state index contributed by atoms with van der Waals surface area (Å²) in [4.78, 5) is 6.31. The van der Waals surface area contributed by atoms with Gasteiger partial charge >= 0.3 is 6.61 Å². The second kappa shape index (κ2) is 10.1. The number of hydrogen-bond acceptors (Lipinski definition) is 5. The molecule has 9 heteroatoms. The maximum absolute atomic E-state index is 12.7. The van der Waals surface area contributed by atoms with Gasteiger partial charge in [-0.05, 0) is 18.6 Å². The van der Waals surface area contributed by atoms with Gasteiger partial charge in [-0.1, -0.05) is 47.6 Å². The molecule has 2 N–H and O–H groups in total. The highest BCUT2D eigenvalue weighted by Crippen LogP contribution is 2.31. The first-order valence-electron chi connectivity index (χ1n) is 10.4. The monoisotopic (exact) mass is 441 g/mol. The van der Waals surface area contributed by atoms with Crippen molar-refractivity contribution in [2.75, 3.05) is 25.0 Å². The summed E-state index contributed by atoms with van der Waals surface area (Å²) >= 11 is 0. The van der Waals surface area contributed by atoms with Gasteiger partial charge in [-0.15, -0.1) is 0 Å². The first-order valence-corrected chi connectivity index (χ1v) is 10.4. The van der Waals surface area contributed by atoms with E-state index < -0.39 is 6.61 Å². The van der Waals surface area contributed by atoms with Gasteiger partial charge in [0.05, 0.1) is 12.2 Å². The van der Waals surface area contributed by atoms with Crippen LogP contribution in [0.3, 0.4) is 0 Å². The molecule has 1 unspecified atom stereocenters. The van der Waals surface area contributed by atoms with Crippen LogP contribution in [-0.2, 0) is 6.54 Å². The van der Waals surface area contributed by atoms with Crippen LogP contribution in [-0.4, -0.2) is 43.9 Å². The van der Waals surface area contributed by atoms with Crippen molar-refractivity contribution in [3.8, 4) is 17.1 Å². The molecule has 1 saturated heterocycles. The number of halogens is 2. The highest BCUT2D eigenvalue weighted by Gasteiger charge is 2.26. The van der Waals surface area contributed by atoms with Gasteiger partial charge in [-0.2, -0.15) is 8.78 Å². The zero-order chi connectivity index (χ0) is 22.3. The van der Waals surface area contributed by atoms with Crippen molar-refractivity contribution in [2.24, 2.45) is 4.99 Å². The zero-order valence-corrected chi connectivity index (χ0v) is 17.7. The predicted molar refractivity (Wildman–Crippen MR) is 119 cm³/mol. The highest BCUT2D eigenvalue weighted by atomic mass is 19.3. The Kier molecular flexibility index (Phi) is 6.84. The Morgan fingerprint density at radius 1 is 1.22 bits per heavy atom. The van der Waals surface area contributed by atoms with Gasteiger partial charge in [0.2, 0.25) is 0 Å². The molecule has 0 saturated carbocycles. The van der Waals surface area contributed by atoms with Crippen LogP contribution in [0.5, 0.6) is 5.75 Å². The molecule has 1 aliphatic heterocycles. The molecule has 3 aromatic rings. The number of nitrogens with zero attached hydrogens (tertiary/aromatic N) is 3. The van der Waals surface area contributed by atoms with Crippen LogP contribution in [0.2, 0.25) is 0 Å². The topological polar surface area (TPSA) is 74.9 Å². The molecule has 2 heterocycles. The van der Waals surface area contributed by atoms with Gasteiger partial charge in [0.1, 0.15) is 11.4 Å². The number of benzene rings is 2. The predicted octanol–water partition coefficient (Wildman–Crippen LogP) is 3.89. The van der Waals surface area contributed by atoms with Gasteiger partial charge in [0, 0.05) is 37.8 Å². The number of guanidine groups is 1. The molecule has 2 aromatic carbocycles. The Bertz CT molecular complexity index is 1040. The normalized spacial score (nSPS) is 16.4. The second-order valence-electron chi connectivity index (χ2n) is 7.40. The molecular weight excluding hydrogens is 416 g/mol. The van der Waals surface area contributed by atoms with E-state index in [9.17, 15) is 8.78 Å². The minimum Gasteiger partial charge on any atom is -0.433 e. The molecule has 0 radical (unpaired) electrons. The van der Waals surface area contributed by atoms with Crippen molar-refractivity contribution in [1.82, 2.24) is 15.8 Å². The van der Waals surface area contributed by atoms with E-state index in [1.165, 1.54) is 0 Å². The fraction of sp³-hybridized carbons (Fsp3) is 0.304. The Morgan fingerprint density at radius 3 is 2.78 bits per heavy atom. The zero-order valence-electron chi connectivity index (χ0n) is 17.7. The Hall–Kier alpha value is -3.62. The Balaban J connectivity index is 1.31. The van der Waals surface area contributed by atoms with Crippen molar-refractivity contribution >= 4 is 11.6 Å². The highest BCUT2D eigenvalue weighted by molar-refractivity contribution is 5.80. The quantitative estimate of drug-likeness (QED) is 0.428. The molecule has 0 amide bonds. The summed E-state index contributed by atoms with van der Waals surface area (Å²) in [5.41, 5.74) is 2.39. The molecule has 1 aromatic heterocycles. The number of alkyl halides is 2. The van der Waals surface area contributed by atoms with E-state index in [2.05, 4.69) is 25.5 Å². The summed E-state index contributed by atoms with van der Waals surface area (Å²) in [7, 11) is 1.70. The third-order valence-electron chi connectivity index (χ3n) is 5.23. The van der Waals surface area contributed by atoms with Crippen LogP contribution in [0.1, 0.15) is 12.1 Å². The van der Waals surface area contributed by atoms with Crippen LogP contribution in [0, 0.1) is 0 Å². The van der Waals surface area contributed by atoms with E-state index >= 15 is 0 Å². The van der Waals surface area contributed by atoms with Gasteiger partial charge in [-0.3, -0.25) is 4.99 Å². The molecule has 4 rings (SSSR count). The number of rotatable bonds is 7. The van der Waals surface area contributed by atoms with Crippen molar-refractivity contribution in [3.63, 3.8) is 0 Å². The molecule has 0 bridgehead atoms. The van der Waals surface area contributed by atoms with E-state index in [0.29, 0.717) is 30.5 Å². The number of aliphatic imine (C=N–C) groups is 1. The average Bonchev–Trinajstić information content (AvgIpc) is 3.47. The van der Waals surface area contributed by atoms with Gasteiger partial charge in [0.25, 0.3) is 0 Å². The van der Waals surface area contributed by atoms with Crippen molar-refractivity contribution in [3.05, 3.63) is 66.4 Å². The average molecular weight is 441 g/mol. The largest absolute Gasteiger partial charge is 0.433 e. The molecule has 7 nitrogen and oxygen atoms in total. The summed E-state index contributed by atoms with van der Waals surface area (Å²) < 4.78 is 35.5. The molecular formula is C23H25F2N5O2. The van der Waals surface area contributed by atoms with E-state index in [1.54, 1.807) is 25.2 Å². The number of para-hydroxylation sites is 2. The van der Waals surface area contributed by atoms with E-state index in [0.717, 1.165) is 24.2 Å². The van der Waals surface area contributed by atoms with Crippen LogP contribution < -0.4 is 20.3 Å². The number of nitrogens with one attached hydrogen (secondary N) is 2. The Morgan fingerprint density at radius 2 is 2.00 bits per heavy atom. The molecule has 32 heavy (non-hydrogen) atoms. The first kappa shape index (κ1) is 21.6. The van der Waals surface area contributed by atoms with Gasteiger partial charge < -0.3 is 24.8 Å². The maximum atomic E-state index is 12.7. The number of hydrogen-bond donors (Lipinski definition) is 2. The second-order valence-corrected chi connectivity index (χ2v) is 7.40. The smallest absolute Gasteiger partial charge is 0.387 e. The lowest BCUT2D eigenvalue weighted by Crippen LogP contribution is -2.44. The standard InChI is InChI=1S/C23H25F2N5O2/c1-26-23(27-14-18-13-21(32-29-18)16-7-3-2-4-8-16)28-17-11-12-30(15-17)19-9-5-6-10-20(19)31-22(24)25/h2-10,13,17,22H,11-12,14-15H2,1H3,(H2,26,27,28). The molecule has 168 valence electrons. The molecule has 0 aliphatic carbocycles. The Labute approximate surface area is 185 Å². The SMILES string of the molecule is CN=C(NCc1cc(-c2ccccc2)on1)NC1CCN(c2ccccc2OC(F)F)C1. The van der Waals surface area contributed by atoms with Gasteiger partial charge in [0.15, 0.2) is 11.7 Å². The third-order valence-corrected chi connectivity index (χ3v) is 5.23. The summed E-state index contributed by atoms with van der Waals surface area (Å²) in [6.07, 6.45) is 0.839. The summed E-state index contributed by atoms with van der Waals surface area (Å²) in [6, 6.07) is 18.6. The van der Waals surface area contributed by atoms with Crippen LogP contribution in [0.4, 0.5) is 14.5 Å². The van der Waals surface area contributed by atoms with Crippen molar-refractivity contribution in [2.45, 2.75) is 25.6 Å². The minimum absolute atomic E-state index is 0.109. The summed E-state index contributed by atoms with van der Waals surface area (Å²) in [6.45, 7) is -1.03. The van der Waals surface area contributed by atoms with Crippen LogP contribution in [0.15, 0.2) is 70.2 Å². The van der Waals surface area contributed by atoms with E-state index in [1.807, 2.05) is 47.4 Å². The fourth-order valence-electron chi connectivity index (χ4n) is 3.71. The van der Waals surface area contributed by atoms with Crippen LogP contribution >= 0.6 is 0 Å². The third kappa shape index (κ3) is 5.35. The number of aromatic nitrogens is 1.